The van der Waals surface area contributed by atoms with Crippen LogP contribution in [-0.2, 0) is 4.79 Å². The van der Waals surface area contributed by atoms with Gasteiger partial charge in [-0.2, -0.15) is 0 Å². The summed E-state index contributed by atoms with van der Waals surface area (Å²) in [7, 11) is 0. The lowest BCUT2D eigenvalue weighted by atomic mass is 10.3. The van der Waals surface area contributed by atoms with E-state index in [2.05, 4.69) is 0 Å². The molecular weight excluding hydrogens is 368 g/mol. The van der Waals surface area contributed by atoms with Crippen molar-refractivity contribution in [2.45, 2.75) is 4.90 Å². The Kier molecular flexibility index (Phi) is 5.24. The molecule has 2 aliphatic heterocycles. The maximum absolute atomic E-state index is 12.5. The van der Waals surface area contributed by atoms with Gasteiger partial charge < -0.3 is 23.7 Å². The second kappa shape index (κ2) is 7.96. The van der Waals surface area contributed by atoms with E-state index in [4.69, 9.17) is 13.9 Å². The summed E-state index contributed by atoms with van der Waals surface area (Å²) in [6.07, 6.45) is 1.49. The van der Waals surface area contributed by atoms with Crippen molar-refractivity contribution in [2.24, 2.45) is 0 Å². The number of benzene rings is 1. The van der Waals surface area contributed by atoms with E-state index in [0.29, 0.717) is 50.9 Å². The number of thioether (sulfide) groups is 1. The predicted molar refractivity (Wildman–Crippen MR) is 99.3 cm³/mol. The molecule has 8 heteroatoms. The first-order chi connectivity index (χ1) is 13.2. The third-order valence-electron chi connectivity index (χ3n) is 4.53. The molecule has 0 N–H and O–H groups in total. The quantitative estimate of drug-likeness (QED) is 0.748. The molecule has 0 atom stereocenters. The Morgan fingerprint density at radius 2 is 1.70 bits per heavy atom. The SMILES string of the molecule is O=C(CSc1ccc2c(c1)OCCO2)N1CCN(C(=O)c2ccco2)CC1. The maximum Gasteiger partial charge on any atom is 0.289 e. The van der Waals surface area contributed by atoms with Crippen LogP contribution in [0.3, 0.4) is 0 Å². The number of hydrogen-bond donors (Lipinski definition) is 0. The van der Waals surface area contributed by atoms with Crippen LogP contribution in [0.25, 0.3) is 0 Å². The molecular formula is C19H20N2O5S. The van der Waals surface area contributed by atoms with Gasteiger partial charge in [-0.3, -0.25) is 9.59 Å². The molecule has 1 aromatic carbocycles. The molecule has 0 bridgehead atoms. The Morgan fingerprint density at radius 3 is 2.44 bits per heavy atom. The van der Waals surface area contributed by atoms with E-state index < -0.39 is 0 Å². The molecule has 1 aromatic heterocycles. The molecule has 0 spiro atoms. The maximum atomic E-state index is 12.5. The monoisotopic (exact) mass is 388 g/mol. The molecule has 7 nitrogen and oxygen atoms in total. The average molecular weight is 388 g/mol. The van der Waals surface area contributed by atoms with Gasteiger partial charge in [0.25, 0.3) is 5.91 Å². The normalized spacial score (nSPS) is 16.3. The number of fused-ring (bicyclic) bond motifs is 1. The number of carbonyl (C=O) groups is 2. The van der Waals surface area contributed by atoms with Crippen LogP contribution in [0.15, 0.2) is 45.9 Å². The van der Waals surface area contributed by atoms with Gasteiger partial charge in [-0.25, -0.2) is 0 Å². The molecule has 0 radical (unpaired) electrons. The van der Waals surface area contributed by atoms with Crippen LogP contribution in [0.1, 0.15) is 10.6 Å². The number of nitrogens with zero attached hydrogens (tertiary/aromatic N) is 2. The van der Waals surface area contributed by atoms with Crippen molar-refractivity contribution in [1.82, 2.24) is 9.80 Å². The van der Waals surface area contributed by atoms with Crippen LogP contribution in [0.5, 0.6) is 11.5 Å². The second-order valence-electron chi connectivity index (χ2n) is 6.24. The van der Waals surface area contributed by atoms with Crippen LogP contribution in [0.4, 0.5) is 0 Å². The van der Waals surface area contributed by atoms with E-state index in [1.165, 1.54) is 18.0 Å². The third-order valence-corrected chi connectivity index (χ3v) is 5.51. The molecule has 3 heterocycles. The molecule has 1 saturated heterocycles. The van der Waals surface area contributed by atoms with Gasteiger partial charge >= 0.3 is 0 Å². The number of hydrogen-bond acceptors (Lipinski definition) is 6. The van der Waals surface area contributed by atoms with Crippen LogP contribution >= 0.6 is 11.8 Å². The van der Waals surface area contributed by atoms with Crippen molar-refractivity contribution in [3.8, 4) is 11.5 Å². The van der Waals surface area contributed by atoms with Crippen molar-refractivity contribution in [3.05, 3.63) is 42.4 Å². The Morgan fingerprint density at radius 1 is 0.963 bits per heavy atom. The summed E-state index contributed by atoms with van der Waals surface area (Å²) < 4.78 is 16.2. The van der Waals surface area contributed by atoms with Gasteiger partial charge in [0.1, 0.15) is 13.2 Å². The number of ether oxygens (including phenoxy) is 2. The van der Waals surface area contributed by atoms with Gasteiger partial charge in [-0.05, 0) is 30.3 Å². The average Bonchev–Trinajstić information content (AvgIpc) is 3.26. The second-order valence-corrected chi connectivity index (χ2v) is 7.29. The topological polar surface area (TPSA) is 72.2 Å². The van der Waals surface area contributed by atoms with Crippen molar-refractivity contribution >= 4 is 23.6 Å². The Hall–Kier alpha value is -2.61. The van der Waals surface area contributed by atoms with Crippen molar-refractivity contribution < 1.29 is 23.5 Å². The molecule has 27 heavy (non-hydrogen) atoms. The minimum Gasteiger partial charge on any atom is -0.486 e. The largest absolute Gasteiger partial charge is 0.486 e. The Bertz CT molecular complexity index is 816. The first-order valence-electron chi connectivity index (χ1n) is 8.84. The minimum atomic E-state index is -0.127. The van der Waals surface area contributed by atoms with Gasteiger partial charge in [0.2, 0.25) is 5.91 Å². The first kappa shape index (κ1) is 17.8. The van der Waals surface area contributed by atoms with E-state index in [0.717, 1.165) is 16.4 Å². The van der Waals surface area contributed by atoms with Gasteiger partial charge in [0, 0.05) is 31.1 Å². The fourth-order valence-corrected chi connectivity index (χ4v) is 3.89. The lowest BCUT2D eigenvalue weighted by molar-refractivity contribution is -0.129. The summed E-state index contributed by atoms with van der Waals surface area (Å²) in [5.74, 6) is 2.10. The summed E-state index contributed by atoms with van der Waals surface area (Å²) >= 11 is 1.48. The molecule has 0 unspecified atom stereocenters. The zero-order valence-corrected chi connectivity index (χ0v) is 15.6. The van der Waals surface area contributed by atoms with E-state index in [9.17, 15) is 9.59 Å². The molecule has 1 fully saturated rings. The number of piperazine rings is 1. The highest BCUT2D eigenvalue weighted by Gasteiger charge is 2.26. The number of furan rings is 1. The van der Waals surface area contributed by atoms with E-state index in [1.807, 2.05) is 18.2 Å². The Labute approximate surface area is 161 Å². The molecule has 4 rings (SSSR count). The molecule has 2 aliphatic rings. The number of amides is 2. The van der Waals surface area contributed by atoms with Crippen LogP contribution in [-0.4, -0.2) is 66.8 Å². The van der Waals surface area contributed by atoms with Gasteiger partial charge in [0.05, 0.1) is 12.0 Å². The molecule has 2 amide bonds. The highest BCUT2D eigenvalue weighted by atomic mass is 32.2. The smallest absolute Gasteiger partial charge is 0.289 e. The van der Waals surface area contributed by atoms with Gasteiger partial charge in [-0.1, -0.05) is 0 Å². The molecule has 0 aliphatic carbocycles. The van der Waals surface area contributed by atoms with Crippen molar-refractivity contribution in [3.63, 3.8) is 0 Å². The van der Waals surface area contributed by atoms with Gasteiger partial charge in [0.15, 0.2) is 17.3 Å². The van der Waals surface area contributed by atoms with E-state index in [-0.39, 0.29) is 11.8 Å². The summed E-state index contributed by atoms with van der Waals surface area (Å²) in [5, 5.41) is 0. The summed E-state index contributed by atoms with van der Waals surface area (Å²) in [6, 6.07) is 9.07. The third kappa shape index (κ3) is 4.05. The zero-order valence-electron chi connectivity index (χ0n) is 14.8. The molecule has 0 saturated carbocycles. The summed E-state index contributed by atoms with van der Waals surface area (Å²) in [5.41, 5.74) is 0. The lowest BCUT2D eigenvalue weighted by Gasteiger charge is -2.34. The molecule has 2 aromatic rings. The van der Waals surface area contributed by atoms with Crippen LogP contribution in [0.2, 0.25) is 0 Å². The molecule has 142 valence electrons. The highest BCUT2D eigenvalue weighted by molar-refractivity contribution is 8.00. The first-order valence-corrected chi connectivity index (χ1v) is 9.82. The predicted octanol–water partition coefficient (Wildman–Crippen LogP) is 2.13. The number of carbonyl (C=O) groups excluding carboxylic acids is 2. The lowest BCUT2D eigenvalue weighted by Crippen LogP contribution is -2.51. The van der Waals surface area contributed by atoms with Gasteiger partial charge in [-0.15, -0.1) is 11.8 Å². The Balaban J connectivity index is 1.27. The fourth-order valence-electron chi connectivity index (χ4n) is 3.06. The number of rotatable bonds is 4. The summed E-state index contributed by atoms with van der Waals surface area (Å²) in [6.45, 7) is 3.20. The van der Waals surface area contributed by atoms with E-state index in [1.54, 1.807) is 21.9 Å². The van der Waals surface area contributed by atoms with E-state index >= 15 is 0 Å². The van der Waals surface area contributed by atoms with Crippen LogP contribution in [0, 0.1) is 0 Å². The van der Waals surface area contributed by atoms with Crippen molar-refractivity contribution in [2.75, 3.05) is 45.1 Å². The minimum absolute atomic E-state index is 0.0694. The highest BCUT2D eigenvalue weighted by Crippen LogP contribution is 2.34. The standard InChI is InChI=1S/C19H20N2O5S/c22-18(13-27-14-3-4-15-17(12-14)26-11-10-25-15)20-5-7-21(8-6-20)19(23)16-2-1-9-24-16/h1-4,9,12H,5-8,10-11,13H2. The van der Waals surface area contributed by atoms with Crippen LogP contribution < -0.4 is 9.47 Å². The zero-order chi connectivity index (χ0) is 18.6. The summed E-state index contributed by atoms with van der Waals surface area (Å²) in [4.78, 5) is 29.3. The fraction of sp³-hybridized carbons (Fsp3) is 0.368. The van der Waals surface area contributed by atoms with Crippen molar-refractivity contribution in [1.29, 1.82) is 0 Å².